The fourth-order valence-electron chi connectivity index (χ4n) is 2.62. The summed E-state index contributed by atoms with van der Waals surface area (Å²) in [7, 11) is 0. The molecule has 2 rings (SSSR count). The number of rotatable bonds is 4. The van der Waals surface area contributed by atoms with Crippen molar-refractivity contribution in [1.29, 1.82) is 0 Å². The highest BCUT2D eigenvalue weighted by atomic mass is 79.9. The monoisotopic (exact) mass is 389 g/mol. The van der Waals surface area contributed by atoms with Gasteiger partial charge in [-0.3, -0.25) is 9.59 Å². The number of nitrogens with zero attached hydrogens (tertiary/aromatic N) is 1. The first kappa shape index (κ1) is 17.8. The molecule has 1 aromatic carbocycles. The van der Waals surface area contributed by atoms with Crippen LogP contribution in [0.5, 0.6) is 0 Å². The number of hydrogen-bond acceptors (Lipinski definition) is 3. The fourth-order valence-corrected chi connectivity index (χ4v) is 3.02. The summed E-state index contributed by atoms with van der Waals surface area (Å²) in [5.74, 6) is -3.15. The number of amides is 2. The van der Waals surface area contributed by atoms with Gasteiger partial charge < -0.3 is 16.0 Å². The molecule has 0 radical (unpaired) electrons. The van der Waals surface area contributed by atoms with Gasteiger partial charge in [-0.2, -0.15) is 0 Å². The zero-order valence-corrected chi connectivity index (χ0v) is 14.0. The van der Waals surface area contributed by atoms with Crippen LogP contribution in [0.4, 0.5) is 8.78 Å². The third kappa shape index (κ3) is 4.26. The van der Waals surface area contributed by atoms with Gasteiger partial charge in [0.1, 0.15) is 17.2 Å². The number of benzene rings is 1. The summed E-state index contributed by atoms with van der Waals surface area (Å²) in [5.41, 5.74) is 4.75. The summed E-state index contributed by atoms with van der Waals surface area (Å²) in [6, 6.07) is 2.09. The SMILES string of the molecule is NCCNC(=O)C1CCCN(C(=O)c2c(F)cc(Br)cc2F)C1. The normalized spacial score (nSPS) is 17.9. The van der Waals surface area contributed by atoms with Gasteiger partial charge in [-0.15, -0.1) is 0 Å². The number of nitrogens with two attached hydrogens (primary N) is 1. The minimum absolute atomic E-state index is 0.143. The Hall–Kier alpha value is -1.54. The number of piperidine rings is 1. The summed E-state index contributed by atoms with van der Waals surface area (Å²) >= 11 is 2.98. The van der Waals surface area contributed by atoms with Crippen molar-refractivity contribution < 1.29 is 18.4 Å². The highest BCUT2D eigenvalue weighted by Gasteiger charge is 2.31. The Labute approximate surface area is 141 Å². The highest BCUT2D eigenvalue weighted by molar-refractivity contribution is 9.10. The molecule has 126 valence electrons. The second-order valence-corrected chi connectivity index (χ2v) is 6.33. The first-order valence-corrected chi connectivity index (χ1v) is 8.15. The molecule has 1 fully saturated rings. The summed E-state index contributed by atoms with van der Waals surface area (Å²) in [5, 5.41) is 2.68. The second kappa shape index (κ2) is 7.83. The lowest BCUT2D eigenvalue weighted by atomic mass is 9.96. The van der Waals surface area contributed by atoms with E-state index < -0.39 is 23.1 Å². The van der Waals surface area contributed by atoms with Crippen LogP contribution in [0, 0.1) is 17.6 Å². The Morgan fingerprint density at radius 1 is 1.35 bits per heavy atom. The number of likely N-dealkylation sites (tertiary alicyclic amines) is 1. The Morgan fingerprint density at radius 2 is 2.00 bits per heavy atom. The first-order chi connectivity index (χ1) is 10.9. The molecule has 23 heavy (non-hydrogen) atoms. The Bertz CT molecular complexity index is 589. The van der Waals surface area contributed by atoms with Gasteiger partial charge in [0.2, 0.25) is 5.91 Å². The smallest absolute Gasteiger partial charge is 0.259 e. The van der Waals surface area contributed by atoms with Crippen LogP contribution < -0.4 is 11.1 Å². The Balaban J connectivity index is 2.12. The van der Waals surface area contributed by atoms with Gasteiger partial charge in [0, 0.05) is 30.7 Å². The molecule has 0 aliphatic carbocycles. The lowest BCUT2D eigenvalue weighted by molar-refractivity contribution is -0.126. The lowest BCUT2D eigenvalue weighted by Gasteiger charge is -2.32. The maximum absolute atomic E-state index is 13.9. The van der Waals surface area contributed by atoms with E-state index in [1.165, 1.54) is 4.90 Å². The van der Waals surface area contributed by atoms with E-state index in [-0.39, 0.29) is 22.8 Å². The summed E-state index contributed by atoms with van der Waals surface area (Å²) in [6.07, 6.45) is 1.23. The lowest BCUT2D eigenvalue weighted by Crippen LogP contribution is -2.46. The Kier molecular flexibility index (Phi) is 6.06. The van der Waals surface area contributed by atoms with Gasteiger partial charge in [0.05, 0.1) is 5.92 Å². The predicted octanol–water partition coefficient (Wildman–Crippen LogP) is 1.65. The van der Waals surface area contributed by atoms with Gasteiger partial charge in [-0.25, -0.2) is 8.78 Å². The van der Waals surface area contributed by atoms with Crippen molar-refractivity contribution in [2.24, 2.45) is 11.7 Å². The minimum Gasteiger partial charge on any atom is -0.355 e. The maximum atomic E-state index is 13.9. The number of halogens is 3. The highest BCUT2D eigenvalue weighted by Crippen LogP contribution is 2.24. The fraction of sp³-hybridized carbons (Fsp3) is 0.467. The average Bonchev–Trinajstić information content (AvgIpc) is 2.51. The van der Waals surface area contributed by atoms with Crippen molar-refractivity contribution in [1.82, 2.24) is 10.2 Å². The third-order valence-electron chi connectivity index (χ3n) is 3.74. The van der Waals surface area contributed by atoms with Crippen LogP contribution in [0.15, 0.2) is 16.6 Å². The second-order valence-electron chi connectivity index (χ2n) is 5.41. The van der Waals surface area contributed by atoms with Crippen LogP contribution in [-0.4, -0.2) is 42.9 Å². The van der Waals surface area contributed by atoms with Gasteiger partial charge in [-0.05, 0) is 25.0 Å². The first-order valence-electron chi connectivity index (χ1n) is 7.35. The zero-order valence-electron chi connectivity index (χ0n) is 12.4. The number of hydrogen-bond donors (Lipinski definition) is 2. The van der Waals surface area contributed by atoms with Crippen LogP contribution >= 0.6 is 15.9 Å². The van der Waals surface area contributed by atoms with E-state index in [1.807, 2.05) is 0 Å². The van der Waals surface area contributed by atoms with E-state index in [4.69, 9.17) is 5.73 Å². The molecule has 0 bridgehead atoms. The third-order valence-corrected chi connectivity index (χ3v) is 4.20. The number of carbonyl (C=O) groups excluding carboxylic acids is 2. The molecule has 0 saturated carbocycles. The van der Waals surface area contributed by atoms with Crippen LogP contribution in [0.2, 0.25) is 0 Å². The van der Waals surface area contributed by atoms with E-state index in [9.17, 15) is 18.4 Å². The van der Waals surface area contributed by atoms with Crippen LogP contribution in [-0.2, 0) is 4.79 Å². The average molecular weight is 390 g/mol. The standard InChI is InChI=1S/C15H18BrF2N3O2/c16-10-6-11(17)13(12(18)7-10)15(23)21-5-1-2-9(8-21)14(22)20-4-3-19/h6-7,9H,1-5,8,19H2,(H,20,22). The van der Waals surface area contributed by atoms with E-state index in [0.717, 1.165) is 12.1 Å². The molecule has 1 atom stereocenters. The molecule has 3 N–H and O–H groups in total. The molecular weight excluding hydrogens is 372 g/mol. The van der Waals surface area contributed by atoms with Gasteiger partial charge in [0.15, 0.2) is 0 Å². The topological polar surface area (TPSA) is 75.4 Å². The van der Waals surface area contributed by atoms with Crippen molar-refractivity contribution in [2.45, 2.75) is 12.8 Å². The van der Waals surface area contributed by atoms with Gasteiger partial charge in [0.25, 0.3) is 5.91 Å². The van der Waals surface area contributed by atoms with E-state index in [1.54, 1.807) is 0 Å². The van der Waals surface area contributed by atoms with Crippen molar-refractivity contribution in [3.05, 3.63) is 33.8 Å². The molecule has 5 nitrogen and oxygen atoms in total. The van der Waals surface area contributed by atoms with Crippen LogP contribution in [0.25, 0.3) is 0 Å². The molecule has 1 unspecified atom stereocenters. The zero-order chi connectivity index (χ0) is 17.0. The molecule has 1 saturated heterocycles. The molecule has 0 aromatic heterocycles. The van der Waals surface area contributed by atoms with Crippen molar-refractivity contribution >= 4 is 27.7 Å². The minimum atomic E-state index is -0.920. The van der Waals surface area contributed by atoms with Crippen LogP contribution in [0.1, 0.15) is 23.2 Å². The molecule has 8 heteroatoms. The Morgan fingerprint density at radius 3 is 2.61 bits per heavy atom. The van der Waals surface area contributed by atoms with E-state index >= 15 is 0 Å². The molecule has 1 aliphatic heterocycles. The quantitative estimate of drug-likeness (QED) is 0.821. The maximum Gasteiger partial charge on any atom is 0.259 e. The molecular formula is C15H18BrF2N3O2. The summed E-state index contributed by atoms with van der Waals surface area (Å²) in [6.45, 7) is 1.20. The van der Waals surface area contributed by atoms with Crippen molar-refractivity contribution in [2.75, 3.05) is 26.2 Å². The molecule has 0 spiro atoms. The van der Waals surface area contributed by atoms with Crippen molar-refractivity contribution in [3.63, 3.8) is 0 Å². The number of carbonyl (C=O) groups is 2. The largest absolute Gasteiger partial charge is 0.355 e. The molecule has 2 amide bonds. The summed E-state index contributed by atoms with van der Waals surface area (Å²) in [4.78, 5) is 25.7. The number of nitrogens with one attached hydrogen (secondary N) is 1. The molecule has 1 aliphatic rings. The molecule has 1 heterocycles. The van der Waals surface area contributed by atoms with E-state index in [2.05, 4.69) is 21.2 Å². The van der Waals surface area contributed by atoms with E-state index in [0.29, 0.717) is 32.5 Å². The van der Waals surface area contributed by atoms with Gasteiger partial charge >= 0.3 is 0 Å². The summed E-state index contributed by atoms with van der Waals surface area (Å²) < 4.78 is 28.1. The molecule has 1 aromatic rings. The van der Waals surface area contributed by atoms with Gasteiger partial charge in [-0.1, -0.05) is 15.9 Å². The van der Waals surface area contributed by atoms with Crippen LogP contribution in [0.3, 0.4) is 0 Å². The van der Waals surface area contributed by atoms with Crippen molar-refractivity contribution in [3.8, 4) is 0 Å². The predicted molar refractivity (Wildman–Crippen MR) is 84.7 cm³/mol.